The van der Waals surface area contributed by atoms with Gasteiger partial charge in [0.1, 0.15) is 5.78 Å². The summed E-state index contributed by atoms with van der Waals surface area (Å²) >= 11 is 0. The normalized spacial score (nSPS) is 15.5. The Morgan fingerprint density at radius 2 is 1.61 bits per heavy atom. The van der Waals surface area contributed by atoms with Gasteiger partial charge in [-0.2, -0.15) is 0 Å². The SMILES string of the molecule is CCC[C@H](C(N)=O)[C@@H](CC(C)C)C(=O)C(C)(C)C. The number of hydrogen-bond acceptors (Lipinski definition) is 2. The van der Waals surface area contributed by atoms with E-state index in [0.29, 0.717) is 12.3 Å². The molecule has 0 rings (SSSR count). The van der Waals surface area contributed by atoms with E-state index in [2.05, 4.69) is 13.8 Å². The fourth-order valence-electron chi connectivity index (χ4n) is 2.37. The molecule has 0 aliphatic rings. The highest BCUT2D eigenvalue weighted by atomic mass is 16.1. The Bertz CT molecular complexity index is 289. The first-order valence-electron chi connectivity index (χ1n) is 6.94. The van der Waals surface area contributed by atoms with Crippen LogP contribution in [0.5, 0.6) is 0 Å². The van der Waals surface area contributed by atoms with Crippen LogP contribution >= 0.6 is 0 Å². The fraction of sp³-hybridized carbons (Fsp3) is 0.867. The third-order valence-electron chi connectivity index (χ3n) is 3.25. The third-order valence-corrected chi connectivity index (χ3v) is 3.25. The van der Waals surface area contributed by atoms with E-state index in [0.717, 1.165) is 12.8 Å². The molecule has 0 spiro atoms. The van der Waals surface area contributed by atoms with Gasteiger partial charge in [-0.05, 0) is 18.8 Å². The molecule has 0 unspecified atom stereocenters. The Balaban J connectivity index is 5.18. The molecule has 0 fully saturated rings. The van der Waals surface area contributed by atoms with Crippen molar-refractivity contribution in [1.82, 2.24) is 0 Å². The van der Waals surface area contributed by atoms with Gasteiger partial charge in [-0.1, -0.05) is 48.0 Å². The molecule has 3 nitrogen and oxygen atoms in total. The molecule has 0 aromatic rings. The molecule has 0 aromatic heterocycles. The highest BCUT2D eigenvalue weighted by molar-refractivity contribution is 5.91. The maximum Gasteiger partial charge on any atom is 0.221 e. The molecule has 0 aliphatic carbocycles. The number of hydrogen-bond donors (Lipinski definition) is 1. The standard InChI is InChI=1S/C15H29NO2/c1-7-8-11(14(16)18)12(9-10(2)3)13(17)15(4,5)6/h10-12H,7-9H2,1-6H3,(H2,16,18)/t11-,12+/m0/s1. The lowest BCUT2D eigenvalue weighted by Gasteiger charge is -2.30. The predicted molar refractivity (Wildman–Crippen MR) is 75.0 cm³/mol. The molecule has 0 saturated carbocycles. The van der Waals surface area contributed by atoms with Gasteiger partial charge in [-0.25, -0.2) is 0 Å². The van der Waals surface area contributed by atoms with E-state index in [9.17, 15) is 9.59 Å². The van der Waals surface area contributed by atoms with Crippen LogP contribution in [0.1, 0.15) is 60.8 Å². The summed E-state index contributed by atoms with van der Waals surface area (Å²) in [5, 5.41) is 0. The average molecular weight is 255 g/mol. The quantitative estimate of drug-likeness (QED) is 0.759. The van der Waals surface area contributed by atoms with Crippen molar-refractivity contribution in [3.63, 3.8) is 0 Å². The maximum atomic E-state index is 12.5. The van der Waals surface area contributed by atoms with E-state index in [-0.39, 0.29) is 23.5 Å². The average Bonchev–Trinajstić information content (AvgIpc) is 2.20. The van der Waals surface area contributed by atoms with Crippen molar-refractivity contribution in [2.45, 2.75) is 60.8 Å². The summed E-state index contributed by atoms with van der Waals surface area (Å²) in [6, 6.07) is 0. The van der Waals surface area contributed by atoms with Crippen LogP contribution in [-0.2, 0) is 9.59 Å². The number of amides is 1. The summed E-state index contributed by atoms with van der Waals surface area (Å²) in [6.45, 7) is 11.9. The zero-order valence-electron chi connectivity index (χ0n) is 12.7. The van der Waals surface area contributed by atoms with E-state index >= 15 is 0 Å². The number of rotatable bonds is 7. The summed E-state index contributed by atoms with van der Waals surface area (Å²) in [5.74, 6) is -0.333. The third kappa shape index (κ3) is 5.19. The first-order valence-corrected chi connectivity index (χ1v) is 6.94. The first kappa shape index (κ1) is 17.1. The Hall–Kier alpha value is -0.860. The zero-order valence-corrected chi connectivity index (χ0v) is 12.7. The monoisotopic (exact) mass is 255 g/mol. The largest absolute Gasteiger partial charge is 0.369 e. The molecule has 106 valence electrons. The van der Waals surface area contributed by atoms with Crippen LogP contribution in [0, 0.1) is 23.2 Å². The molecule has 0 saturated heterocycles. The van der Waals surface area contributed by atoms with Crippen LogP contribution in [0.4, 0.5) is 0 Å². The molecule has 0 radical (unpaired) electrons. The Labute approximate surface area is 112 Å². The molecule has 2 atom stereocenters. The van der Waals surface area contributed by atoms with E-state index in [1.165, 1.54) is 0 Å². The second kappa shape index (κ2) is 6.91. The van der Waals surface area contributed by atoms with Crippen LogP contribution in [0.15, 0.2) is 0 Å². The van der Waals surface area contributed by atoms with Crippen molar-refractivity contribution in [3.8, 4) is 0 Å². The van der Waals surface area contributed by atoms with Gasteiger partial charge in [0.25, 0.3) is 0 Å². The lowest BCUT2D eigenvalue weighted by atomic mass is 9.72. The highest BCUT2D eigenvalue weighted by Crippen LogP contribution is 2.32. The highest BCUT2D eigenvalue weighted by Gasteiger charge is 2.37. The van der Waals surface area contributed by atoms with Crippen molar-refractivity contribution < 1.29 is 9.59 Å². The molecular formula is C15H29NO2. The fourth-order valence-corrected chi connectivity index (χ4v) is 2.37. The van der Waals surface area contributed by atoms with Gasteiger partial charge in [0.15, 0.2) is 0 Å². The van der Waals surface area contributed by atoms with Crippen molar-refractivity contribution in [2.24, 2.45) is 28.9 Å². The van der Waals surface area contributed by atoms with E-state index in [1.807, 2.05) is 27.7 Å². The summed E-state index contributed by atoms with van der Waals surface area (Å²) in [4.78, 5) is 24.1. The molecule has 3 heteroatoms. The van der Waals surface area contributed by atoms with Crippen LogP contribution in [0.2, 0.25) is 0 Å². The van der Waals surface area contributed by atoms with Crippen molar-refractivity contribution in [2.75, 3.05) is 0 Å². The molecular weight excluding hydrogens is 226 g/mol. The van der Waals surface area contributed by atoms with Crippen LogP contribution in [0.25, 0.3) is 0 Å². The smallest absolute Gasteiger partial charge is 0.221 e. The predicted octanol–water partition coefficient (Wildman–Crippen LogP) is 3.17. The molecule has 0 heterocycles. The zero-order chi connectivity index (χ0) is 14.5. The van der Waals surface area contributed by atoms with Crippen molar-refractivity contribution in [3.05, 3.63) is 0 Å². The van der Waals surface area contributed by atoms with Gasteiger partial charge >= 0.3 is 0 Å². The van der Waals surface area contributed by atoms with Crippen LogP contribution in [-0.4, -0.2) is 11.7 Å². The number of carbonyl (C=O) groups is 2. The lowest BCUT2D eigenvalue weighted by molar-refractivity contribution is -0.138. The van der Waals surface area contributed by atoms with E-state index in [4.69, 9.17) is 5.73 Å². The Morgan fingerprint density at radius 1 is 1.11 bits per heavy atom. The number of Topliss-reactive ketones (excluding diaryl/α,β-unsaturated/α-hetero) is 1. The Kier molecular flexibility index (Phi) is 6.58. The first-order chi connectivity index (χ1) is 8.11. The lowest BCUT2D eigenvalue weighted by Crippen LogP contribution is -2.40. The molecule has 2 N–H and O–H groups in total. The molecule has 0 aliphatic heterocycles. The number of primary amides is 1. The number of ketones is 1. The second-order valence-electron chi connectivity index (χ2n) is 6.65. The summed E-state index contributed by atoms with van der Waals surface area (Å²) in [6.07, 6.45) is 2.32. The van der Waals surface area contributed by atoms with Gasteiger partial charge in [-0.3, -0.25) is 9.59 Å². The molecule has 18 heavy (non-hydrogen) atoms. The minimum Gasteiger partial charge on any atom is -0.369 e. The Morgan fingerprint density at radius 3 is 1.89 bits per heavy atom. The van der Waals surface area contributed by atoms with Gasteiger partial charge in [-0.15, -0.1) is 0 Å². The van der Waals surface area contributed by atoms with Crippen LogP contribution < -0.4 is 5.73 Å². The van der Waals surface area contributed by atoms with E-state index in [1.54, 1.807) is 0 Å². The minimum atomic E-state index is -0.416. The summed E-state index contributed by atoms with van der Waals surface area (Å²) in [5.41, 5.74) is 5.07. The number of carbonyl (C=O) groups excluding carboxylic acids is 2. The summed E-state index contributed by atoms with van der Waals surface area (Å²) < 4.78 is 0. The van der Waals surface area contributed by atoms with Crippen molar-refractivity contribution in [1.29, 1.82) is 0 Å². The maximum absolute atomic E-state index is 12.5. The van der Waals surface area contributed by atoms with Gasteiger partial charge in [0.2, 0.25) is 5.91 Å². The van der Waals surface area contributed by atoms with Crippen LogP contribution in [0.3, 0.4) is 0 Å². The molecule has 0 bridgehead atoms. The number of nitrogens with two attached hydrogens (primary N) is 1. The van der Waals surface area contributed by atoms with Crippen molar-refractivity contribution >= 4 is 11.7 Å². The second-order valence-corrected chi connectivity index (χ2v) is 6.65. The van der Waals surface area contributed by atoms with Gasteiger partial charge < -0.3 is 5.73 Å². The van der Waals surface area contributed by atoms with Gasteiger partial charge in [0, 0.05) is 17.3 Å². The molecule has 0 aromatic carbocycles. The topological polar surface area (TPSA) is 60.2 Å². The van der Waals surface area contributed by atoms with Gasteiger partial charge in [0.05, 0.1) is 0 Å². The summed E-state index contributed by atoms with van der Waals surface area (Å²) in [7, 11) is 0. The molecule has 1 amide bonds. The minimum absolute atomic E-state index is 0.161. The van der Waals surface area contributed by atoms with E-state index < -0.39 is 5.41 Å².